The minimum Gasteiger partial charge on any atom is -0.364 e. The predicted molar refractivity (Wildman–Crippen MR) is 73.5 cm³/mol. The third-order valence-electron chi connectivity index (χ3n) is 3.35. The van der Waals surface area contributed by atoms with Crippen molar-refractivity contribution in [1.82, 2.24) is 0 Å². The van der Waals surface area contributed by atoms with Crippen molar-refractivity contribution in [3.63, 3.8) is 0 Å². The summed E-state index contributed by atoms with van der Waals surface area (Å²) in [5.74, 6) is 0.491. The van der Waals surface area contributed by atoms with Gasteiger partial charge in [-0.2, -0.15) is 0 Å². The smallest absolute Gasteiger partial charge is 0.154 e. The van der Waals surface area contributed by atoms with E-state index in [9.17, 15) is 4.79 Å². The van der Waals surface area contributed by atoms with Crippen LogP contribution in [0.5, 0.6) is 0 Å². The predicted octanol–water partition coefficient (Wildman–Crippen LogP) is 3.44. The van der Waals surface area contributed by atoms with Gasteiger partial charge in [-0.25, -0.2) is 0 Å². The Bertz CT molecular complexity index is 373. The van der Waals surface area contributed by atoms with Crippen molar-refractivity contribution in [1.29, 1.82) is 0 Å². The molecule has 0 aliphatic heterocycles. The maximum absolute atomic E-state index is 12.0. The van der Waals surface area contributed by atoms with Gasteiger partial charge in [-0.15, -0.1) is 0 Å². The number of Topliss-reactive ketones (excluding diaryl/α,β-unsaturated/α-hetero) is 1. The normalized spacial score (nSPS) is 12.2. The summed E-state index contributed by atoms with van der Waals surface area (Å²) in [4.78, 5) is 14.1. The van der Waals surface area contributed by atoms with Gasteiger partial charge in [0.1, 0.15) is 0 Å². The number of hydrogen-bond acceptors (Lipinski definition) is 2. The summed E-state index contributed by atoms with van der Waals surface area (Å²) >= 11 is 0. The molecule has 94 valence electrons. The Morgan fingerprint density at radius 1 is 1.29 bits per heavy atom. The van der Waals surface area contributed by atoms with Gasteiger partial charge in [0, 0.05) is 18.2 Å². The Morgan fingerprint density at radius 2 is 1.94 bits per heavy atom. The van der Waals surface area contributed by atoms with Crippen LogP contribution in [0.4, 0.5) is 5.69 Å². The third kappa shape index (κ3) is 3.58. The maximum atomic E-state index is 12.0. The molecule has 0 aromatic heterocycles. The van der Waals surface area contributed by atoms with E-state index < -0.39 is 0 Å². The summed E-state index contributed by atoms with van der Waals surface area (Å²) in [7, 11) is 0. The molecule has 17 heavy (non-hydrogen) atoms. The summed E-state index contributed by atoms with van der Waals surface area (Å²) in [5, 5.41) is 0. The highest BCUT2D eigenvalue weighted by atomic mass is 16.1. The Kier molecular flexibility index (Phi) is 5.20. The summed E-state index contributed by atoms with van der Waals surface area (Å²) in [5.41, 5.74) is 2.40. The highest BCUT2D eigenvalue weighted by Crippen LogP contribution is 2.19. The van der Waals surface area contributed by atoms with Crippen LogP contribution in [-0.4, -0.2) is 18.9 Å². The van der Waals surface area contributed by atoms with E-state index in [1.54, 1.807) is 0 Å². The molecule has 0 fully saturated rings. The Balaban J connectivity index is 2.79. The van der Waals surface area contributed by atoms with Crippen LogP contribution in [0.3, 0.4) is 0 Å². The van der Waals surface area contributed by atoms with Gasteiger partial charge in [0.2, 0.25) is 0 Å². The summed E-state index contributed by atoms with van der Waals surface area (Å²) in [6.45, 7) is 9.64. The van der Waals surface area contributed by atoms with Crippen LogP contribution in [0.25, 0.3) is 0 Å². The number of anilines is 1. The molecule has 0 heterocycles. The number of rotatable bonds is 6. The second kappa shape index (κ2) is 6.43. The molecule has 0 aliphatic carbocycles. The summed E-state index contributed by atoms with van der Waals surface area (Å²) in [6, 6.07) is 8.23. The molecule has 2 heteroatoms. The van der Waals surface area contributed by atoms with E-state index in [0.717, 1.165) is 13.0 Å². The number of nitrogens with zero attached hydrogens (tertiary/aromatic N) is 1. The SMILES string of the molecule is CCC(C)C(=O)CN(CC)c1ccccc1C. The molecular weight excluding hydrogens is 210 g/mol. The van der Waals surface area contributed by atoms with Gasteiger partial charge in [-0.3, -0.25) is 4.79 Å². The molecule has 1 aromatic rings. The second-order valence-electron chi connectivity index (χ2n) is 4.58. The number of hydrogen-bond donors (Lipinski definition) is 0. The van der Waals surface area contributed by atoms with Crippen LogP contribution in [0, 0.1) is 12.8 Å². The lowest BCUT2D eigenvalue weighted by Gasteiger charge is -2.25. The van der Waals surface area contributed by atoms with Crippen LogP contribution in [0.15, 0.2) is 24.3 Å². The number of ketones is 1. The number of para-hydroxylation sites is 1. The lowest BCUT2D eigenvalue weighted by molar-refractivity contribution is -0.121. The highest BCUT2D eigenvalue weighted by Gasteiger charge is 2.15. The Morgan fingerprint density at radius 3 is 2.47 bits per heavy atom. The number of benzene rings is 1. The van der Waals surface area contributed by atoms with Crippen LogP contribution >= 0.6 is 0 Å². The molecule has 1 aromatic carbocycles. The standard InChI is InChI=1S/C15H23NO/c1-5-12(3)15(17)11-16(6-2)14-10-8-7-9-13(14)4/h7-10,12H,5-6,11H2,1-4H3. The minimum absolute atomic E-state index is 0.160. The van der Waals surface area contributed by atoms with Crippen LogP contribution in [0.2, 0.25) is 0 Å². The zero-order chi connectivity index (χ0) is 12.8. The molecule has 0 amide bonds. The molecule has 1 atom stereocenters. The topological polar surface area (TPSA) is 20.3 Å². The zero-order valence-corrected chi connectivity index (χ0v) is 11.4. The van der Waals surface area contributed by atoms with E-state index in [-0.39, 0.29) is 5.92 Å². The summed E-state index contributed by atoms with van der Waals surface area (Å²) < 4.78 is 0. The highest BCUT2D eigenvalue weighted by molar-refractivity contribution is 5.85. The van der Waals surface area contributed by atoms with Gasteiger partial charge in [-0.1, -0.05) is 32.0 Å². The van der Waals surface area contributed by atoms with Crippen molar-refractivity contribution in [3.05, 3.63) is 29.8 Å². The Labute approximate surface area is 105 Å². The number of carbonyl (C=O) groups excluding carboxylic acids is 1. The van der Waals surface area contributed by atoms with Crippen molar-refractivity contribution in [3.8, 4) is 0 Å². The number of likely N-dealkylation sites (N-methyl/N-ethyl adjacent to an activating group) is 1. The van der Waals surface area contributed by atoms with Gasteiger partial charge >= 0.3 is 0 Å². The molecule has 1 rings (SSSR count). The van der Waals surface area contributed by atoms with E-state index in [2.05, 4.69) is 37.8 Å². The van der Waals surface area contributed by atoms with Crippen molar-refractivity contribution in [2.45, 2.75) is 34.1 Å². The van der Waals surface area contributed by atoms with E-state index >= 15 is 0 Å². The molecule has 1 unspecified atom stereocenters. The fourth-order valence-corrected chi connectivity index (χ4v) is 1.86. The van der Waals surface area contributed by atoms with Gasteiger partial charge < -0.3 is 4.90 Å². The fourth-order valence-electron chi connectivity index (χ4n) is 1.86. The van der Waals surface area contributed by atoms with Gasteiger partial charge in [0.15, 0.2) is 5.78 Å². The third-order valence-corrected chi connectivity index (χ3v) is 3.35. The van der Waals surface area contributed by atoms with E-state index in [0.29, 0.717) is 12.3 Å². The van der Waals surface area contributed by atoms with Crippen LogP contribution in [-0.2, 0) is 4.79 Å². The molecule has 0 radical (unpaired) electrons. The molecule has 0 saturated heterocycles. The number of carbonyl (C=O) groups is 1. The Hall–Kier alpha value is -1.31. The second-order valence-corrected chi connectivity index (χ2v) is 4.58. The first-order valence-electron chi connectivity index (χ1n) is 6.43. The monoisotopic (exact) mass is 233 g/mol. The lowest BCUT2D eigenvalue weighted by Crippen LogP contribution is -2.32. The van der Waals surface area contributed by atoms with Crippen molar-refractivity contribution >= 4 is 11.5 Å². The fraction of sp³-hybridized carbons (Fsp3) is 0.533. The minimum atomic E-state index is 0.160. The largest absolute Gasteiger partial charge is 0.364 e. The molecule has 0 spiro atoms. The summed E-state index contributed by atoms with van der Waals surface area (Å²) in [6.07, 6.45) is 0.921. The van der Waals surface area contributed by atoms with Gasteiger partial charge in [0.05, 0.1) is 6.54 Å². The average Bonchev–Trinajstić information content (AvgIpc) is 2.35. The first kappa shape index (κ1) is 13.8. The first-order valence-corrected chi connectivity index (χ1v) is 6.43. The molecular formula is C15H23NO. The van der Waals surface area contributed by atoms with Gasteiger partial charge in [0.25, 0.3) is 0 Å². The van der Waals surface area contributed by atoms with Gasteiger partial charge in [-0.05, 0) is 31.9 Å². The van der Waals surface area contributed by atoms with E-state index in [4.69, 9.17) is 0 Å². The lowest BCUT2D eigenvalue weighted by atomic mass is 10.0. The van der Waals surface area contributed by atoms with Crippen molar-refractivity contribution < 1.29 is 4.79 Å². The number of aryl methyl sites for hydroxylation is 1. The molecule has 2 nitrogen and oxygen atoms in total. The first-order chi connectivity index (χ1) is 8.10. The van der Waals surface area contributed by atoms with Crippen molar-refractivity contribution in [2.24, 2.45) is 5.92 Å². The van der Waals surface area contributed by atoms with Crippen molar-refractivity contribution in [2.75, 3.05) is 18.0 Å². The maximum Gasteiger partial charge on any atom is 0.154 e. The van der Waals surface area contributed by atoms with E-state index in [1.807, 2.05) is 19.1 Å². The quantitative estimate of drug-likeness (QED) is 0.750. The van der Waals surface area contributed by atoms with E-state index in [1.165, 1.54) is 11.3 Å². The average molecular weight is 233 g/mol. The molecule has 0 saturated carbocycles. The van der Waals surface area contributed by atoms with Crippen LogP contribution < -0.4 is 4.90 Å². The molecule has 0 N–H and O–H groups in total. The zero-order valence-electron chi connectivity index (χ0n) is 11.4. The van der Waals surface area contributed by atoms with Crippen LogP contribution in [0.1, 0.15) is 32.8 Å². The molecule has 0 aliphatic rings. The molecule has 0 bridgehead atoms.